The number of nitrogens with one attached hydrogen (secondary N) is 1. The van der Waals surface area contributed by atoms with Gasteiger partial charge in [0.2, 0.25) is 11.6 Å². The molecule has 0 atom stereocenters. The third kappa shape index (κ3) is 2.89. The molecule has 1 heterocycles. The van der Waals surface area contributed by atoms with Crippen molar-refractivity contribution in [1.29, 1.82) is 0 Å². The molecule has 0 radical (unpaired) electrons. The summed E-state index contributed by atoms with van der Waals surface area (Å²) >= 11 is 5.61. The van der Waals surface area contributed by atoms with Crippen LogP contribution in [0.25, 0.3) is 0 Å². The second kappa shape index (κ2) is 5.57. The van der Waals surface area contributed by atoms with Gasteiger partial charge in [-0.15, -0.1) is 0 Å². The number of rotatable bonds is 2. The molecule has 0 aliphatic rings. The predicted octanol–water partition coefficient (Wildman–Crippen LogP) is 3.25. The van der Waals surface area contributed by atoms with E-state index in [9.17, 15) is 27.5 Å². The molecule has 21 heavy (non-hydrogen) atoms. The first-order valence-corrected chi connectivity index (χ1v) is 5.69. The molecule has 0 fully saturated rings. The molecule has 2 aromatic rings. The van der Waals surface area contributed by atoms with Crippen LogP contribution in [0.4, 0.5) is 23.2 Å². The summed E-state index contributed by atoms with van der Waals surface area (Å²) in [5, 5.41) is 11.1. The van der Waals surface area contributed by atoms with Gasteiger partial charge in [-0.05, 0) is 18.2 Å². The van der Waals surface area contributed by atoms with Crippen molar-refractivity contribution in [2.75, 3.05) is 5.32 Å². The van der Waals surface area contributed by atoms with E-state index in [1.807, 2.05) is 0 Å². The van der Waals surface area contributed by atoms with E-state index in [1.165, 1.54) is 6.07 Å². The van der Waals surface area contributed by atoms with Crippen molar-refractivity contribution in [2.45, 2.75) is 0 Å². The summed E-state index contributed by atoms with van der Waals surface area (Å²) in [6.07, 6.45) is 0. The Balaban J connectivity index is 2.43. The maximum Gasteiger partial charge on any atom is 0.259 e. The van der Waals surface area contributed by atoms with Crippen LogP contribution in [-0.2, 0) is 0 Å². The second-order valence-electron chi connectivity index (χ2n) is 3.81. The fourth-order valence-electron chi connectivity index (χ4n) is 1.47. The normalized spacial score (nSPS) is 10.5. The van der Waals surface area contributed by atoms with Crippen LogP contribution >= 0.6 is 11.6 Å². The van der Waals surface area contributed by atoms with E-state index in [1.54, 1.807) is 5.32 Å². The summed E-state index contributed by atoms with van der Waals surface area (Å²) in [4.78, 5) is 14.1. The third-order valence-electron chi connectivity index (χ3n) is 2.44. The van der Waals surface area contributed by atoms with Crippen LogP contribution in [0.15, 0.2) is 18.2 Å². The molecule has 0 unspecified atom stereocenters. The highest BCUT2D eigenvalue weighted by molar-refractivity contribution is 6.31. The lowest BCUT2D eigenvalue weighted by atomic mass is 10.2. The molecule has 1 amide bonds. The van der Waals surface area contributed by atoms with Gasteiger partial charge in [0.1, 0.15) is 11.4 Å². The lowest BCUT2D eigenvalue weighted by molar-refractivity contribution is 0.102. The lowest BCUT2D eigenvalue weighted by Crippen LogP contribution is -2.17. The molecule has 4 nitrogen and oxygen atoms in total. The monoisotopic (exact) mass is 320 g/mol. The maximum atomic E-state index is 13.4. The molecule has 2 rings (SSSR count). The van der Waals surface area contributed by atoms with Crippen LogP contribution in [-0.4, -0.2) is 16.0 Å². The third-order valence-corrected chi connectivity index (χ3v) is 2.67. The zero-order valence-electron chi connectivity index (χ0n) is 9.92. The number of hydrogen-bond acceptors (Lipinski definition) is 3. The molecular formula is C12H5ClF4N2O2. The smallest absolute Gasteiger partial charge is 0.259 e. The van der Waals surface area contributed by atoms with Crippen LogP contribution < -0.4 is 5.32 Å². The van der Waals surface area contributed by atoms with Gasteiger partial charge in [-0.25, -0.2) is 0 Å². The largest absolute Gasteiger partial charge is 0.507 e. The molecule has 2 N–H and O–H groups in total. The Morgan fingerprint density at radius 2 is 1.71 bits per heavy atom. The quantitative estimate of drug-likeness (QED) is 0.659. The molecule has 1 aromatic heterocycles. The number of carbonyl (C=O) groups excluding carboxylic acids is 1. The number of phenolic OH excluding ortho intramolecular Hbond substituents is 1. The van der Waals surface area contributed by atoms with Crippen molar-refractivity contribution in [1.82, 2.24) is 4.98 Å². The van der Waals surface area contributed by atoms with Crippen molar-refractivity contribution >= 4 is 23.2 Å². The zero-order chi connectivity index (χ0) is 15.7. The van der Waals surface area contributed by atoms with E-state index in [-0.39, 0.29) is 5.02 Å². The average molecular weight is 321 g/mol. The standard InChI is InChI=1S/C12H5ClF4N2O2/c13-4-1-2-6(20)5(3-4)12(21)18-9-7(14)10(16)19-11(17)8(9)15/h1-3,20H,(H,18,19,21). The lowest BCUT2D eigenvalue weighted by Gasteiger charge is -2.09. The number of amides is 1. The molecule has 0 aliphatic carbocycles. The summed E-state index contributed by atoms with van der Waals surface area (Å²) in [6, 6.07) is 3.34. The molecular weight excluding hydrogens is 316 g/mol. The molecule has 110 valence electrons. The van der Waals surface area contributed by atoms with E-state index >= 15 is 0 Å². The highest BCUT2D eigenvalue weighted by Crippen LogP contribution is 2.26. The number of aromatic hydroxyl groups is 1. The molecule has 0 aliphatic heterocycles. The Hall–Kier alpha value is -2.35. The van der Waals surface area contributed by atoms with E-state index in [2.05, 4.69) is 4.98 Å². The minimum absolute atomic E-state index is 0.0611. The Labute approximate surface area is 120 Å². The minimum atomic E-state index is -1.92. The van der Waals surface area contributed by atoms with Crippen molar-refractivity contribution < 1.29 is 27.5 Å². The summed E-state index contributed by atoms with van der Waals surface area (Å²) in [6.45, 7) is 0. The summed E-state index contributed by atoms with van der Waals surface area (Å²) in [7, 11) is 0. The average Bonchev–Trinajstić information content (AvgIpc) is 2.43. The highest BCUT2D eigenvalue weighted by Gasteiger charge is 2.23. The molecule has 0 spiro atoms. The Morgan fingerprint density at radius 3 is 2.29 bits per heavy atom. The Morgan fingerprint density at radius 1 is 1.14 bits per heavy atom. The summed E-state index contributed by atoms with van der Waals surface area (Å²) in [5.41, 5.74) is -1.79. The van der Waals surface area contributed by atoms with Crippen LogP contribution in [0.2, 0.25) is 5.02 Å². The number of anilines is 1. The molecule has 0 saturated heterocycles. The number of nitrogens with zero attached hydrogens (tertiary/aromatic N) is 1. The van der Waals surface area contributed by atoms with Crippen LogP contribution in [0.1, 0.15) is 10.4 Å². The van der Waals surface area contributed by atoms with Crippen LogP contribution in [0.5, 0.6) is 5.75 Å². The first-order valence-electron chi connectivity index (χ1n) is 5.31. The number of pyridine rings is 1. The number of halogens is 5. The van der Waals surface area contributed by atoms with Crippen molar-refractivity contribution in [3.05, 3.63) is 52.3 Å². The van der Waals surface area contributed by atoms with Gasteiger partial charge in [0, 0.05) is 5.02 Å². The van der Waals surface area contributed by atoms with E-state index in [4.69, 9.17) is 11.6 Å². The Kier molecular flexibility index (Phi) is 3.99. The second-order valence-corrected chi connectivity index (χ2v) is 4.25. The SMILES string of the molecule is O=C(Nc1c(F)c(F)nc(F)c1F)c1cc(Cl)ccc1O. The van der Waals surface area contributed by atoms with E-state index in [0.717, 1.165) is 12.1 Å². The van der Waals surface area contributed by atoms with Gasteiger partial charge >= 0.3 is 0 Å². The summed E-state index contributed by atoms with van der Waals surface area (Å²) < 4.78 is 52.5. The first kappa shape index (κ1) is 15.0. The summed E-state index contributed by atoms with van der Waals surface area (Å²) in [5.74, 6) is -9.32. The van der Waals surface area contributed by atoms with Crippen molar-refractivity contribution in [3.63, 3.8) is 0 Å². The zero-order valence-corrected chi connectivity index (χ0v) is 10.7. The van der Waals surface area contributed by atoms with Crippen LogP contribution in [0.3, 0.4) is 0 Å². The van der Waals surface area contributed by atoms with E-state index in [0.29, 0.717) is 0 Å². The fraction of sp³-hybridized carbons (Fsp3) is 0. The molecule has 1 aromatic carbocycles. The van der Waals surface area contributed by atoms with Gasteiger partial charge in [0.25, 0.3) is 17.8 Å². The van der Waals surface area contributed by atoms with Gasteiger partial charge in [-0.3, -0.25) is 4.79 Å². The topological polar surface area (TPSA) is 62.2 Å². The van der Waals surface area contributed by atoms with Crippen LogP contribution in [0, 0.1) is 23.5 Å². The molecule has 9 heteroatoms. The fourth-order valence-corrected chi connectivity index (χ4v) is 1.64. The molecule has 0 saturated carbocycles. The minimum Gasteiger partial charge on any atom is -0.507 e. The number of carbonyl (C=O) groups is 1. The highest BCUT2D eigenvalue weighted by atomic mass is 35.5. The Bertz CT molecular complexity index is 713. The molecule has 0 bridgehead atoms. The number of aromatic nitrogens is 1. The predicted molar refractivity (Wildman–Crippen MR) is 65.1 cm³/mol. The van der Waals surface area contributed by atoms with Gasteiger partial charge in [0.15, 0.2) is 0 Å². The van der Waals surface area contributed by atoms with Gasteiger partial charge in [0.05, 0.1) is 5.56 Å². The number of benzene rings is 1. The van der Waals surface area contributed by atoms with E-state index < -0.39 is 46.4 Å². The van der Waals surface area contributed by atoms with Gasteiger partial charge < -0.3 is 10.4 Å². The first-order chi connectivity index (χ1) is 9.81. The number of hydrogen-bond donors (Lipinski definition) is 2. The number of phenols is 1. The van der Waals surface area contributed by atoms with Crippen molar-refractivity contribution in [2.24, 2.45) is 0 Å². The van der Waals surface area contributed by atoms with Gasteiger partial charge in [-0.1, -0.05) is 11.6 Å². The van der Waals surface area contributed by atoms with Crippen molar-refractivity contribution in [3.8, 4) is 5.75 Å². The van der Waals surface area contributed by atoms with Gasteiger partial charge in [-0.2, -0.15) is 22.5 Å². The maximum absolute atomic E-state index is 13.4.